The first-order valence-corrected chi connectivity index (χ1v) is 9.47. The Bertz CT molecular complexity index is 951. The van der Waals surface area contributed by atoms with Crippen molar-refractivity contribution >= 4 is 35.7 Å². The van der Waals surface area contributed by atoms with E-state index in [0.717, 1.165) is 5.56 Å². The molecule has 0 radical (unpaired) electrons. The maximum absolute atomic E-state index is 12.7. The Morgan fingerprint density at radius 2 is 1.63 bits per heavy atom. The molecule has 0 atom stereocenters. The van der Waals surface area contributed by atoms with Crippen LogP contribution in [0.5, 0.6) is 0 Å². The number of carbonyl (C=O) groups is 3. The number of hydrazone groups is 1. The molecule has 0 spiro atoms. The Morgan fingerprint density at radius 1 is 0.933 bits per heavy atom. The summed E-state index contributed by atoms with van der Waals surface area (Å²) in [5, 5.41) is 6.19. The van der Waals surface area contributed by atoms with Crippen LogP contribution in [0.15, 0.2) is 65.8 Å². The Kier molecular flexibility index (Phi) is 7.45. The van der Waals surface area contributed by atoms with Gasteiger partial charge in [0.25, 0.3) is 5.91 Å². The summed E-state index contributed by atoms with van der Waals surface area (Å²) in [6.45, 7) is 1.90. The monoisotopic (exact) mass is 406 g/mol. The first kappa shape index (κ1) is 20.9. The average molecular weight is 406 g/mol. The lowest BCUT2D eigenvalue weighted by molar-refractivity contribution is -0.136. The van der Waals surface area contributed by atoms with E-state index in [0.29, 0.717) is 31.9 Å². The molecule has 1 heterocycles. The van der Waals surface area contributed by atoms with Gasteiger partial charge in [0.05, 0.1) is 24.5 Å². The van der Waals surface area contributed by atoms with E-state index in [1.165, 1.54) is 6.21 Å². The molecule has 0 unspecified atom stereocenters. The molecule has 2 N–H and O–H groups in total. The van der Waals surface area contributed by atoms with Gasteiger partial charge >= 0.3 is 11.8 Å². The van der Waals surface area contributed by atoms with Gasteiger partial charge in [0, 0.05) is 19.3 Å². The topological polar surface area (TPSA) is 100 Å². The zero-order valence-corrected chi connectivity index (χ0v) is 16.3. The maximum Gasteiger partial charge on any atom is 0.329 e. The molecule has 1 fully saturated rings. The SMILES string of the molecule is O=C(N/N=C\C=C\c1ccccc1)C(=O)Nc1ccccc1C(=O)N1CCOCC1. The van der Waals surface area contributed by atoms with Gasteiger partial charge in [-0.15, -0.1) is 0 Å². The van der Waals surface area contributed by atoms with E-state index >= 15 is 0 Å². The fourth-order valence-electron chi connectivity index (χ4n) is 2.80. The van der Waals surface area contributed by atoms with Gasteiger partial charge in [0.2, 0.25) is 0 Å². The van der Waals surface area contributed by atoms with E-state index in [-0.39, 0.29) is 11.6 Å². The minimum atomic E-state index is -0.937. The molecule has 0 aliphatic carbocycles. The molecule has 3 rings (SSSR count). The second-order valence-electron chi connectivity index (χ2n) is 6.39. The van der Waals surface area contributed by atoms with Crippen LogP contribution in [0.4, 0.5) is 5.69 Å². The van der Waals surface area contributed by atoms with E-state index in [1.54, 1.807) is 35.2 Å². The van der Waals surface area contributed by atoms with Crippen LogP contribution in [-0.2, 0) is 14.3 Å². The Morgan fingerprint density at radius 3 is 2.40 bits per heavy atom. The molecule has 3 amide bonds. The van der Waals surface area contributed by atoms with E-state index < -0.39 is 11.8 Å². The largest absolute Gasteiger partial charge is 0.378 e. The van der Waals surface area contributed by atoms with Crippen LogP contribution < -0.4 is 10.7 Å². The molecule has 8 nitrogen and oxygen atoms in total. The lowest BCUT2D eigenvalue weighted by atomic mass is 10.1. The first-order valence-electron chi connectivity index (χ1n) is 9.47. The number of rotatable bonds is 5. The van der Waals surface area contributed by atoms with Crippen LogP contribution >= 0.6 is 0 Å². The number of nitrogens with one attached hydrogen (secondary N) is 2. The molecule has 0 aromatic heterocycles. The number of nitrogens with zero attached hydrogens (tertiary/aromatic N) is 2. The summed E-state index contributed by atoms with van der Waals surface area (Å²) in [5.41, 5.74) is 3.72. The Labute approximate surface area is 174 Å². The van der Waals surface area contributed by atoms with Crippen molar-refractivity contribution in [2.24, 2.45) is 5.10 Å². The highest BCUT2D eigenvalue weighted by molar-refractivity contribution is 6.40. The summed E-state index contributed by atoms with van der Waals surface area (Å²) in [6.07, 6.45) is 4.82. The van der Waals surface area contributed by atoms with Crippen molar-refractivity contribution in [3.05, 3.63) is 71.8 Å². The first-order chi connectivity index (χ1) is 14.6. The molecule has 1 saturated heterocycles. The Balaban J connectivity index is 1.56. The van der Waals surface area contributed by atoms with Crippen LogP contribution in [0.2, 0.25) is 0 Å². The van der Waals surface area contributed by atoms with Crippen LogP contribution in [0, 0.1) is 0 Å². The fraction of sp³-hybridized carbons (Fsp3) is 0.182. The van der Waals surface area contributed by atoms with E-state index in [1.807, 2.05) is 36.4 Å². The van der Waals surface area contributed by atoms with Gasteiger partial charge in [-0.3, -0.25) is 14.4 Å². The van der Waals surface area contributed by atoms with Gasteiger partial charge in [-0.05, 0) is 23.8 Å². The highest BCUT2D eigenvalue weighted by Crippen LogP contribution is 2.18. The quantitative estimate of drug-likeness (QED) is 0.450. The van der Waals surface area contributed by atoms with Crippen molar-refractivity contribution in [1.82, 2.24) is 10.3 Å². The van der Waals surface area contributed by atoms with Gasteiger partial charge in [0.15, 0.2) is 0 Å². The molecule has 1 aliphatic rings. The predicted molar refractivity (Wildman–Crippen MR) is 114 cm³/mol. The smallest absolute Gasteiger partial charge is 0.329 e. The van der Waals surface area contributed by atoms with Gasteiger partial charge in [-0.1, -0.05) is 48.5 Å². The molecule has 0 bridgehead atoms. The summed E-state index contributed by atoms with van der Waals surface area (Å²) in [5.74, 6) is -2.08. The highest BCUT2D eigenvalue weighted by Gasteiger charge is 2.22. The third-order valence-electron chi connectivity index (χ3n) is 4.33. The van der Waals surface area contributed by atoms with Gasteiger partial charge in [-0.2, -0.15) is 5.10 Å². The van der Waals surface area contributed by atoms with Gasteiger partial charge in [-0.25, -0.2) is 5.43 Å². The van der Waals surface area contributed by atoms with Crippen molar-refractivity contribution in [1.29, 1.82) is 0 Å². The number of hydrogen-bond donors (Lipinski definition) is 2. The molecule has 1 aliphatic heterocycles. The van der Waals surface area contributed by atoms with E-state index in [2.05, 4.69) is 15.8 Å². The van der Waals surface area contributed by atoms with Crippen LogP contribution in [0.1, 0.15) is 15.9 Å². The molecule has 2 aromatic rings. The highest BCUT2D eigenvalue weighted by atomic mass is 16.5. The molecular formula is C22H22N4O4. The van der Waals surface area contributed by atoms with Crippen molar-refractivity contribution < 1.29 is 19.1 Å². The second kappa shape index (κ2) is 10.7. The average Bonchev–Trinajstić information content (AvgIpc) is 2.80. The number of benzene rings is 2. The maximum atomic E-state index is 12.7. The number of allylic oxidation sites excluding steroid dienone is 1. The number of carbonyl (C=O) groups excluding carboxylic acids is 3. The Hall–Kier alpha value is -3.78. The van der Waals surface area contributed by atoms with Crippen molar-refractivity contribution in [3.8, 4) is 0 Å². The fourth-order valence-corrected chi connectivity index (χ4v) is 2.80. The zero-order chi connectivity index (χ0) is 21.2. The molecule has 2 aromatic carbocycles. The number of amides is 3. The van der Waals surface area contributed by atoms with E-state index in [9.17, 15) is 14.4 Å². The van der Waals surface area contributed by atoms with Crippen molar-refractivity contribution in [3.63, 3.8) is 0 Å². The summed E-state index contributed by atoms with van der Waals surface area (Å²) in [7, 11) is 0. The molecule has 154 valence electrons. The van der Waals surface area contributed by atoms with Crippen LogP contribution in [0.3, 0.4) is 0 Å². The summed E-state index contributed by atoms with van der Waals surface area (Å²) < 4.78 is 5.26. The van der Waals surface area contributed by atoms with Crippen LogP contribution in [-0.4, -0.2) is 55.1 Å². The standard InChI is InChI=1S/C22H22N4O4/c27-20(21(28)25-23-12-6-9-17-7-2-1-3-8-17)24-19-11-5-4-10-18(19)22(29)26-13-15-30-16-14-26/h1-12H,13-16H2,(H,24,27)(H,25,28)/b9-6+,23-12-. The lowest BCUT2D eigenvalue weighted by Gasteiger charge is -2.27. The van der Waals surface area contributed by atoms with Crippen LogP contribution in [0.25, 0.3) is 6.08 Å². The molecular weight excluding hydrogens is 384 g/mol. The third kappa shape index (κ3) is 5.86. The van der Waals surface area contributed by atoms with Crippen molar-refractivity contribution in [2.75, 3.05) is 31.6 Å². The molecule has 30 heavy (non-hydrogen) atoms. The van der Waals surface area contributed by atoms with Gasteiger partial charge in [0.1, 0.15) is 0 Å². The summed E-state index contributed by atoms with van der Waals surface area (Å²) >= 11 is 0. The summed E-state index contributed by atoms with van der Waals surface area (Å²) in [6, 6.07) is 16.1. The van der Waals surface area contributed by atoms with Crippen molar-refractivity contribution in [2.45, 2.75) is 0 Å². The molecule has 8 heteroatoms. The normalized spacial score (nSPS) is 14.1. The minimum absolute atomic E-state index is 0.223. The number of para-hydroxylation sites is 1. The number of morpholine rings is 1. The van der Waals surface area contributed by atoms with Gasteiger partial charge < -0.3 is 15.0 Å². The zero-order valence-electron chi connectivity index (χ0n) is 16.3. The predicted octanol–water partition coefficient (Wildman–Crippen LogP) is 1.91. The number of hydrogen-bond acceptors (Lipinski definition) is 5. The molecule has 0 saturated carbocycles. The summed E-state index contributed by atoms with van der Waals surface area (Å²) in [4.78, 5) is 38.6. The number of anilines is 1. The third-order valence-corrected chi connectivity index (χ3v) is 4.33. The number of ether oxygens (including phenoxy) is 1. The lowest BCUT2D eigenvalue weighted by Crippen LogP contribution is -2.41. The minimum Gasteiger partial charge on any atom is -0.378 e. The second-order valence-corrected chi connectivity index (χ2v) is 6.39. The van der Waals surface area contributed by atoms with E-state index in [4.69, 9.17) is 4.74 Å².